The fourth-order valence-corrected chi connectivity index (χ4v) is 3.56. The van der Waals surface area contributed by atoms with E-state index in [4.69, 9.17) is 0 Å². The van der Waals surface area contributed by atoms with E-state index in [1.807, 2.05) is 43.5 Å². The molecule has 0 spiro atoms. The van der Waals surface area contributed by atoms with Crippen LogP contribution < -0.4 is 5.32 Å². The van der Waals surface area contributed by atoms with Crippen LogP contribution in [0.25, 0.3) is 0 Å². The monoisotopic (exact) mass is 327 g/mol. The molecule has 2 aromatic rings. The van der Waals surface area contributed by atoms with Gasteiger partial charge in [-0.3, -0.25) is 14.5 Å². The Morgan fingerprint density at radius 3 is 2.88 bits per heavy atom. The van der Waals surface area contributed by atoms with Crippen LogP contribution in [0.5, 0.6) is 0 Å². The molecule has 0 aliphatic carbocycles. The van der Waals surface area contributed by atoms with Gasteiger partial charge in [0.2, 0.25) is 5.91 Å². The lowest BCUT2D eigenvalue weighted by atomic mass is 9.85. The van der Waals surface area contributed by atoms with E-state index in [9.17, 15) is 4.79 Å². The van der Waals surface area contributed by atoms with Crippen LogP contribution in [-0.2, 0) is 11.8 Å². The van der Waals surface area contributed by atoms with Crippen LogP contribution >= 0.6 is 0 Å². The predicted molar refractivity (Wildman–Crippen MR) is 93.5 cm³/mol. The second-order valence-corrected chi connectivity index (χ2v) is 6.44. The Hall–Kier alpha value is -2.37. The highest BCUT2D eigenvalue weighted by Crippen LogP contribution is 2.36. The number of carbonyl (C=O) groups is 1. The molecule has 24 heavy (non-hydrogen) atoms. The van der Waals surface area contributed by atoms with E-state index in [0.29, 0.717) is 12.3 Å². The third-order valence-corrected chi connectivity index (χ3v) is 4.81. The summed E-state index contributed by atoms with van der Waals surface area (Å²) in [5.74, 6) is 0.599. The highest BCUT2D eigenvalue weighted by molar-refractivity contribution is 5.77. The van der Waals surface area contributed by atoms with Crippen molar-refractivity contribution in [1.82, 2.24) is 19.7 Å². The van der Waals surface area contributed by atoms with Crippen LogP contribution in [0.2, 0.25) is 0 Å². The van der Waals surface area contributed by atoms with Crippen LogP contribution in [0.1, 0.15) is 36.9 Å². The Morgan fingerprint density at radius 1 is 1.38 bits per heavy atom. The fraction of sp³-hybridized carbons (Fsp3) is 0.500. The summed E-state index contributed by atoms with van der Waals surface area (Å²) in [6.45, 7) is 5.65. The molecule has 0 bridgehead atoms. The number of aromatic nitrogens is 3. The van der Waals surface area contributed by atoms with Crippen molar-refractivity contribution < 1.29 is 4.79 Å². The highest BCUT2D eigenvalue weighted by atomic mass is 16.2. The number of rotatable bonds is 5. The molecule has 6 heteroatoms. The van der Waals surface area contributed by atoms with E-state index in [0.717, 1.165) is 36.3 Å². The number of pyridine rings is 1. The molecule has 0 aromatic carbocycles. The lowest BCUT2D eigenvalue weighted by Crippen LogP contribution is -2.44. The maximum absolute atomic E-state index is 12.4. The number of piperidine rings is 1. The predicted octanol–water partition coefficient (Wildman–Crippen LogP) is 2.54. The quantitative estimate of drug-likeness (QED) is 0.916. The zero-order valence-corrected chi connectivity index (χ0v) is 14.6. The summed E-state index contributed by atoms with van der Waals surface area (Å²) in [5, 5.41) is 7.85. The van der Waals surface area contributed by atoms with Crippen molar-refractivity contribution in [3.8, 4) is 0 Å². The van der Waals surface area contributed by atoms with E-state index < -0.39 is 0 Å². The van der Waals surface area contributed by atoms with Crippen molar-refractivity contribution in [3.05, 3.63) is 42.0 Å². The smallest absolute Gasteiger partial charge is 0.223 e. The molecule has 1 N–H and O–H groups in total. The lowest BCUT2D eigenvalue weighted by molar-refractivity contribution is -0.138. The van der Waals surface area contributed by atoms with Crippen molar-refractivity contribution >= 4 is 11.6 Å². The van der Waals surface area contributed by atoms with Gasteiger partial charge in [0, 0.05) is 62.3 Å². The first-order valence-electron chi connectivity index (χ1n) is 8.52. The molecule has 3 heterocycles. The van der Waals surface area contributed by atoms with Crippen molar-refractivity contribution in [2.45, 2.75) is 32.7 Å². The van der Waals surface area contributed by atoms with Crippen molar-refractivity contribution in [2.24, 2.45) is 13.0 Å². The fourth-order valence-electron chi connectivity index (χ4n) is 3.56. The van der Waals surface area contributed by atoms with Gasteiger partial charge >= 0.3 is 0 Å². The van der Waals surface area contributed by atoms with Crippen molar-refractivity contribution in [1.29, 1.82) is 0 Å². The number of nitrogens with one attached hydrogen (secondary N) is 1. The topological polar surface area (TPSA) is 63.1 Å². The SMILES string of the molecule is CCN1C(=O)CC[C@H](CNc2ccncc2C)[C@H]1c1cnn(C)c1. The van der Waals surface area contributed by atoms with Gasteiger partial charge in [0.1, 0.15) is 0 Å². The minimum atomic E-state index is 0.0830. The van der Waals surface area contributed by atoms with Crippen molar-refractivity contribution in [2.75, 3.05) is 18.4 Å². The molecule has 1 fully saturated rings. The van der Waals surface area contributed by atoms with Gasteiger partial charge in [-0.2, -0.15) is 5.10 Å². The van der Waals surface area contributed by atoms with Gasteiger partial charge < -0.3 is 10.2 Å². The second kappa shape index (κ2) is 7.03. The Morgan fingerprint density at radius 2 is 2.21 bits per heavy atom. The minimum absolute atomic E-state index is 0.0830. The molecule has 3 rings (SSSR count). The summed E-state index contributed by atoms with van der Waals surface area (Å²) < 4.78 is 1.81. The number of anilines is 1. The maximum Gasteiger partial charge on any atom is 0.223 e. The van der Waals surface area contributed by atoms with Gasteiger partial charge in [-0.25, -0.2) is 0 Å². The summed E-state index contributed by atoms with van der Waals surface area (Å²) >= 11 is 0. The molecule has 0 saturated carbocycles. The number of nitrogens with zero attached hydrogens (tertiary/aromatic N) is 4. The van der Waals surface area contributed by atoms with E-state index >= 15 is 0 Å². The summed E-state index contributed by atoms with van der Waals surface area (Å²) in [4.78, 5) is 18.5. The lowest BCUT2D eigenvalue weighted by Gasteiger charge is -2.40. The standard InChI is InChI=1S/C18H25N5O/c1-4-23-17(24)6-5-14(18(23)15-11-21-22(3)12-15)10-20-16-7-8-19-9-13(16)2/h7-9,11-12,14,18H,4-6,10H2,1-3H3,(H,19,20)/t14-,18+/m1/s1. The number of carbonyl (C=O) groups excluding carboxylic acids is 1. The van der Waals surface area contributed by atoms with Gasteiger partial charge in [-0.1, -0.05) is 0 Å². The zero-order valence-electron chi connectivity index (χ0n) is 14.6. The molecule has 0 radical (unpaired) electrons. The summed E-state index contributed by atoms with van der Waals surface area (Å²) in [5.41, 5.74) is 3.36. The maximum atomic E-state index is 12.4. The number of aryl methyl sites for hydroxylation is 2. The number of amides is 1. The van der Waals surface area contributed by atoms with E-state index in [2.05, 4.69) is 22.3 Å². The van der Waals surface area contributed by atoms with Crippen LogP contribution in [-0.4, -0.2) is 38.7 Å². The number of hydrogen-bond acceptors (Lipinski definition) is 4. The molecular formula is C18H25N5O. The highest BCUT2D eigenvalue weighted by Gasteiger charge is 2.36. The van der Waals surface area contributed by atoms with Crippen LogP contribution in [0.3, 0.4) is 0 Å². The number of hydrogen-bond donors (Lipinski definition) is 1. The molecule has 128 valence electrons. The number of likely N-dealkylation sites (tertiary alicyclic amines) is 1. The Labute approximate surface area is 142 Å². The normalized spacial score (nSPS) is 21.1. The van der Waals surface area contributed by atoms with E-state index in [1.165, 1.54) is 0 Å². The summed E-state index contributed by atoms with van der Waals surface area (Å²) in [7, 11) is 1.91. The molecule has 1 amide bonds. The molecule has 1 saturated heterocycles. The largest absolute Gasteiger partial charge is 0.384 e. The average Bonchev–Trinajstić information content (AvgIpc) is 3.00. The summed E-state index contributed by atoms with van der Waals surface area (Å²) in [6, 6.07) is 2.08. The first-order chi connectivity index (χ1) is 11.6. The third-order valence-electron chi connectivity index (χ3n) is 4.81. The van der Waals surface area contributed by atoms with Crippen LogP contribution in [0.15, 0.2) is 30.9 Å². The summed E-state index contributed by atoms with van der Waals surface area (Å²) in [6.07, 6.45) is 9.09. The first kappa shape index (κ1) is 16.5. The first-order valence-corrected chi connectivity index (χ1v) is 8.52. The van der Waals surface area contributed by atoms with Crippen LogP contribution in [0.4, 0.5) is 5.69 Å². The van der Waals surface area contributed by atoms with E-state index in [1.54, 1.807) is 10.9 Å². The molecule has 2 atom stereocenters. The molecular weight excluding hydrogens is 302 g/mol. The van der Waals surface area contributed by atoms with E-state index in [-0.39, 0.29) is 11.9 Å². The molecule has 0 unspecified atom stereocenters. The molecule has 2 aromatic heterocycles. The average molecular weight is 327 g/mol. The van der Waals surface area contributed by atoms with Gasteiger partial charge in [-0.05, 0) is 31.9 Å². The molecule has 1 aliphatic heterocycles. The second-order valence-electron chi connectivity index (χ2n) is 6.44. The minimum Gasteiger partial charge on any atom is -0.384 e. The molecule has 1 aliphatic rings. The van der Waals surface area contributed by atoms with Gasteiger partial charge in [-0.15, -0.1) is 0 Å². The van der Waals surface area contributed by atoms with Crippen molar-refractivity contribution in [3.63, 3.8) is 0 Å². The van der Waals surface area contributed by atoms with Gasteiger partial charge in [0.25, 0.3) is 0 Å². The van der Waals surface area contributed by atoms with Gasteiger partial charge in [0.15, 0.2) is 0 Å². The van der Waals surface area contributed by atoms with Crippen LogP contribution in [0, 0.1) is 12.8 Å². The zero-order chi connectivity index (χ0) is 17.1. The van der Waals surface area contributed by atoms with Gasteiger partial charge in [0.05, 0.1) is 12.2 Å². The Balaban J connectivity index is 1.81. The third kappa shape index (κ3) is 3.27. The Bertz CT molecular complexity index is 711. The molecule has 6 nitrogen and oxygen atoms in total. The Kier molecular flexibility index (Phi) is 4.83.